The number of fused-ring (bicyclic) bond motifs is 1. The Kier molecular flexibility index (Phi) is 5.66. The van der Waals surface area contributed by atoms with Gasteiger partial charge in [-0.25, -0.2) is 4.79 Å². The largest absolute Gasteiger partial charge is 0.493 e. The third-order valence-electron chi connectivity index (χ3n) is 4.48. The Hall–Kier alpha value is -2.99. The zero-order valence-corrected chi connectivity index (χ0v) is 15.6. The van der Waals surface area contributed by atoms with Crippen molar-refractivity contribution in [1.29, 1.82) is 0 Å². The van der Waals surface area contributed by atoms with Gasteiger partial charge in [0.2, 0.25) is 0 Å². The molecule has 3 rings (SSSR count). The molecule has 0 aliphatic rings. The summed E-state index contributed by atoms with van der Waals surface area (Å²) >= 11 is 0. The highest BCUT2D eigenvalue weighted by atomic mass is 16.5. The molecule has 1 N–H and O–H groups in total. The minimum absolute atomic E-state index is 0.0484. The minimum Gasteiger partial charge on any atom is -0.493 e. The molecule has 6 heteroatoms. The van der Waals surface area contributed by atoms with Gasteiger partial charge < -0.3 is 14.6 Å². The van der Waals surface area contributed by atoms with Crippen LogP contribution in [0.25, 0.3) is 11.0 Å². The summed E-state index contributed by atoms with van der Waals surface area (Å²) in [6.45, 7) is 3.93. The third kappa shape index (κ3) is 3.90. The van der Waals surface area contributed by atoms with Crippen molar-refractivity contribution in [3.05, 3.63) is 71.2 Å². The fraction of sp³-hybridized carbons (Fsp3) is 0.286. The highest BCUT2D eigenvalue weighted by molar-refractivity contribution is 5.75. The summed E-state index contributed by atoms with van der Waals surface area (Å²) in [5.41, 5.74) is 2.52. The number of allylic oxidation sites excluding steroid dienone is 1. The van der Waals surface area contributed by atoms with Crippen molar-refractivity contribution in [2.24, 2.45) is 7.05 Å². The predicted molar refractivity (Wildman–Crippen MR) is 106 cm³/mol. The molecular formula is C21H24N2O4. The topological polar surface area (TPSA) is 65.6 Å². The number of hydrogen-bond acceptors (Lipinski definition) is 4. The first-order chi connectivity index (χ1) is 13.0. The van der Waals surface area contributed by atoms with E-state index in [9.17, 15) is 9.90 Å². The molecule has 0 aliphatic carbocycles. The van der Waals surface area contributed by atoms with E-state index >= 15 is 0 Å². The van der Waals surface area contributed by atoms with Gasteiger partial charge >= 0.3 is 5.69 Å². The Morgan fingerprint density at radius 1 is 1.19 bits per heavy atom. The molecule has 0 aliphatic heterocycles. The van der Waals surface area contributed by atoms with Crippen LogP contribution in [0.5, 0.6) is 11.5 Å². The molecule has 0 saturated heterocycles. The van der Waals surface area contributed by atoms with Crippen LogP contribution < -0.4 is 15.2 Å². The van der Waals surface area contributed by atoms with E-state index in [4.69, 9.17) is 9.47 Å². The summed E-state index contributed by atoms with van der Waals surface area (Å²) in [5, 5.41) is 10.4. The molecule has 0 fully saturated rings. The van der Waals surface area contributed by atoms with Crippen LogP contribution in [0, 0.1) is 0 Å². The lowest BCUT2D eigenvalue weighted by atomic mass is 10.1. The Morgan fingerprint density at radius 2 is 1.93 bits per heavy atom. The molecule has 142 valence electrons. The number of aryl methyl sites for hydroxylation is 1. The summed E-state index contributed by atoms with van der Waals surface area (Å²) in [6, 6.07) is 13.1. The summed E-state index contributed by atoms with van der Waals surface area (Å²) in [6.07, 6.45) is 1.72. The lowest BCUT2D eigenvalue weighted by Crippen LogP contribution is -2.30. The fourth-order valence-corrected chi connectivity index (χ4v) is 3.11. The molecule has 1 heterocycles. The molecule has 1 aromatic heterocycles. The molecule has 0 amide bonds. The van der Waals surface area contributed by atoms with Gasteiger partial charge in [-0.2, -0.15) is 0 Å². The first kappa shape index (κ1) is 18.8. The van der Waals surface area contributed by atoms with Crippen molar-refractivity contribution in [3.8, 4) is 11.5 Å². The molecule has 3 aromatic rings. The number of para-hydroxylation sites is 2. The highest BCUT2D eigenvalue weighted by Crippen LogP contribution is 2.28. The summed E-state index contributed by atoms with van der Waals surface area (Å²) < 4.78 is 14.2. The molecule has 0 saturated carbocycles. The van der Waals surface area contributed by atoms with Gasteiger partial charge in [-0.3, -0.25) is 9.13 Å². The number of methoxy groups -OCH3 is 1. The van der Waals surface area contributed by atoms with E-state index in [1.54, 1.807) is 23.3 Å². The van der Waals surface area contributed by atoms with E-state index in [2.05, 4.69) is 6.58 Å². The van der Waals surface area contributed by atoms with Crippen molar-refractivity contribution < 1.29 is 14.6 Å². The van der Waals surface area contributed by atoms with Crippen LogP contribution >= 0.6 is 0 Å². The molecule has 27 heavy (non-hydrogen) atoms. The summed E-state index contributed by atoms with van der Waals surface area (Å²) in [5.74, 6) is 1.15. The Morgan fingerprint density at radius 3 is 2.63 bits per heavy atom. The van der Waals surface area contributed by atoms with Gasteiger partial charge in [0.1, 0.15) is 12.7 Å². The number of nitrogens with zero attached hydrogens (tertiary/aromatic N) is 2. The number of aromatic nitrogens is 2. The summed E-state index contributed by atoms with van der Waals surface area (Å²) in [4.78, 5) is 12.4. The average molecular weight is 368 g/mol. The van der Waals surface area contributed by atoms with Gasteiger partial charge in [0.05, 0.1) is 24.7 Å². The standard InChI is InChI=1S/C21H24N2O4/c1-4-7-15-10-11-19(20(12-15)26-3)27-14-16(24)13-23-18-9-6-5-8-17(18)22(2)21(23)25/h4-6,8-12,16,24H,1,7,13-14H2,2-3H3. The van der Waals surface area contributed by atoms with Crippen molar-refractivity contribution in [2.45, 2.75) is 19.1 Å². The second-order valence-corrected chi connectivity index (χ2v) is 6.38. The third-order valence-corrected chi connectivity index (χ3v) is 4.48. The number of aliphatic hydroxyl groups is 1. The Balaban J connectivity index is 1.72. The van der Waals surface area contributed by atoms with Gasteiger partial charge in [-0.05, 0) is 36.2 Å². The monoisotopic (exact) mass is 368 g/mol. The highest BCUT2D eigenvalue weighted by Gasteiger charge is 2.15. The van der Waals surface area contributed by atoms with Crippen LogP contribution in [0.15, 0.2) is 59.9 Å². The maximum Gasteiger partial charge on any atom is 0.328 e. The first-order valence-electron chi connectivity index (χ1n) is 8.78. The number of imidazole rings is 1. The van der Waals surface area contributed by atoms with Crippen LogP contribution in [0.4, 0.5) is 0 Å². The van der Waals surface area contributed by atoms with Crippen LogP contribution in [-0.4, -0.2) is 34.1 Å². The molecule has 6 nitrogen and oxygen atoms in total. The molecule has 1 atom stereocenters. The van der Waals surface area contributed by atoms with Gasteiger partial charge in [0, 0.05) is 7.05 Å². The van der Waals surface area contributed by atoms with Crippen LogP contribution in [0.2, 0.25) is 0 Å². The quantitative estimate of drug-likeness (QED) is 0.621. The minimum atomic E-state index is -0.842. The SMILES string of the molecule is C=CCc1ccc(OCC(O)Cn2c(=O)n(C)c3ccccc32)c(OC)c1. The Labute approximate surface area is 157 Å². The smallest absolute Gasteiger partial charge is 0.328 e. The average Bonchev–Trinajstić information content (AvgIpc) is 2.92. The number of benzene rings is 2. The summed E-state index contributed by atoms with van der Waals surface area (Å²) in [7, 11) is 3.30. The number of rotatable bonds is 8. The Bertz CT molecular complexity index is 1000. The van der Waals surface area contributed by atoms with Crippen molar-refractivity contribution >= 4 is 11.0 Å². The molecular weight excluding hydrogens is 344 g/mol. The molecule has 2 aromatic carbocycles. The van der Waals surface area contributed by atoms with Crippen molar-refractivity contribution in [3.63, 3.8) is 0 Å². The van der Waals surface area contributed by atoms with E-state index in [1.807, 2.05) is 48.5 Å². The van der Waals surface area contributed by atoms with Crippen molar-refractivity contribution in [2.75, 3.05) is 13.7 Å². The normalized spacial score (nSPS) is 12.1. The van der Waals surface area contributed by atoms with E-state index in [-0.39, 0.29) is 18.8 Å². The van der Waals surface area contributed by atoms with Crippen LogP contribution in [-0.2, 0) is 20.0 Å². The van der Waals surface area contributed by atoms with Crippen LogP contribution in [0.1, 0.15) is 5.56 Å². The second kappa shape index (κ2) is 8.14. The van der Waals surface area contributed by atoms with Gasteiger partial charge in [0.25, 0.3) is 0 Å². The van der Waals surface area contributed by atoms with E-state index in [1.165, 1.54) is 0 Å². The van der Waals surface area contributed by atoms with Gasteiger partial charge in [0.15, 0.2) is 11.5 Å². The predicted octanol–water partition coefficient (Wildman–Crippen LogP) is 2.52. The number of ether oxygens (including phenoxy) is 2. The fourth-order valence-electron chi connectivity index (χ4n) is 3.11. The first-order valence-corrected chi connectivity index (χ1v) is 8.78. The molecule has 1 unspecified atom stereocenters. The van der Waals surface area contributed by atoms with Gasteiger partial charge in [-0.15, -0.1) is 6.58 Å². The van der Waals surface area contributed by atoms with E-state index in [0.717, 1.165) is 23.0 Å². The second-order valence-electron chi connectivity index (χ2n) is 6.38. The lowest BCUT2D eigenvalue weighted by Gasteiger charge is -2.15. The van der Waals surface area contributed by atoms with E-state index < -0.39 is 6.10 Å². The molecule has 0 radical (unpaired) electrons. The van der Waals surface area contributed by atoms with E-state index in [0.29, 0.717) is 11.5 Å². The zero-order chi connectivity index (χ0) is 19.4. The zero-order valence-electron chi connectivity index (χ0n) is 15.6. The number of aliphatic hydroxyl groups excluding tert-OH is 1. The maximum absolute atomic E-state index is 12.4. The molecule has 0 bridgehead atoms. The van der Waals surface area contributed by atoms with Crippen LogP contribution in [0.3, 0.4) is 0 Å². The van der Waals surface area contributed by atoms with Crippen molar-refractivity contribution in [1.82, 2.24) is 9.13 Å². The lowest BCUT2D eigenvalue weighted by molar-refractivity contribution is 0.0910. The maximum atomic E-state index is 12.4. The number of hydrogen-bond donors (Lipinski definition) is 1. The van der Waals surface area contributed by atoms with Gasteiger partial charge in [-0.1, -0.05) is 24.3 Å². The molecule has 0 spiro atoms.